The van der Waals surface area contributed by atoms with Crippen LogP contribution in [0.15, 0.2) is 22.7 Å². The van der Waals surface area contributed by atoms with Gasteiger partial charge in [0, 0.05) is 16.4 Å². The smallest absolute Gasteiger partial charge is 0.0213 e. The second kappa shape index (κ2) is 3.85. The Labute approximate surface area is 106 Å². The molecule has 0 atom stereocenters. The van der Waals surface area contributed by atoms with Gasteiger partial charge < -0.3 is 5.73 Å². The van der Waals surface area contributed by atoms with Gasteiger partial charge in [0.1, 0.15) is 0 Å². The summed E-state index contributed by atoms with van der Waals surface area (Å²) >= 11 is 3.72. The van der Waals surface area contributed by atoms with Gasteiger partial charge in [0.05, 0.1) is 0 Å². The molecule has 1 aromatic carbocycles. The number of benzene rings is 1. The topological polar surface area (TPSA) is 26.0 Å². The molecule has 86 valence electrons. The Hall–Kier alpha value is -0.340. The summed E-state index contributed by atoms with van der Waals surface area (Å²) < 4.78 is 1.30. The zero-order valence-corrected chi connectivity index (χ0v) is 11.1. The summed E-state index contributed by atoms with van der Waals surface area (Å²) in [6, 6.07) is 6.94. The third-order valence-electron chi connectivity index (χ3n) is 4.33. The predicted molar refractivity (Wildman–Crippen MR) is 70.7 cm³/mol. The van der Waals surface area contributed by atoms with Gasteiger partial charge in [0.15, 0.2) is 0 Å². The minimum atomic E-state index is 0.296. The fourth-order valence-electron chi connectivity index (χ4n) is 2.80. The molecule has 3 rings (SSSR count). The highest BCUT2D eigenvalue weighted by Gasteiger charge is 2.37. The van der Waals surface area contributed by atoms with E-state index in [-0.39, 0.29) is 0 Å². The molecular formula is C14H18BrN. The summed E-state index contributed by atoms with van der Waals surface area (Å²) in [4.78, 5) is 0. The molecule has 16 heavy (non-hydrogen) atoms. The number of halogens is 1. The largest absolute Gasteiger partial charge is 0.330 e. The Bertz CT molecular complexity index is 400. The fraction of sp³-hybridized carbons (Fsp3) is 0.571. The standard InChI is InChI=1S/C14H18BrN/c15-13-8-11(14(9-16)6-1-7-14)4-5-12(13)10-2-3-10/h4-5,8,10H,1-3,6-7,9,16H2. The third kappa shape index (κ3) is 1.63. The molecule has 2 heteroatoms. The van der Waals surface area contributed by atoms with Crippen molar-refractivity contribution in [1.82, 2.24) is 0 Å². The lowest BCUT2D eigenvalue weighted by atomic mass is 9.64. The minimum absolute atomic E-state index is 0.296. The maximum atomic E-state index is 5.95. The quantitative estimate of drug-likeness (QED) is 0.897. The molecule has 2 N–H and O–H groups in total. The highest BCUT2D eigenvalue weighted by atomic mass is 79.9. The SMILES string of the molecule is NCC1(c2ccc(C3CC3)c(Br)c2)CCC1. The summed E-state index contributed by atoms with van der Waals surface area (Å²) in [5.41, 5.74) is 9.18. The molecule has 0 aromatic heterocycles. The van der Waals surface area contributed by atoms with Gasteiger partial charge in [-0.1, -0.05) is 34.5 Å². The Morgan fingerprint density at radius 2 is 2.06 bits per heavy atom. The maximum Gasteiger partial charge on any atom is 0.0213 e. The van der Waals surface area contributed by atoms with Crippen LogP contribution in [0, 0.1) is 0 Å². The average Bonchev–Trinajstić information content (AvgIpc) is 3.01. The molecule has 2 fully saturated rings. The summed E-state index contributed by atoms with van der Waals surface area (Å²) in [7, 11) is 0. The van der Waals surface area contributed by atoms with E-state index in [4.69, 9.17) is 5.73 Å². The zero-order valence-electron chi connectivity index (χ0n) is 9.51. The van der Waals surface area contributed by atoms with Gasteiger partial charge in [-0.2, -0.15) is 0 Å². The van der Waals surface area contributed by atoms with E-state index < -0.39 is 0 Å². The van der Waals surface area contributed by atoms with Gasteiger partial charge in [0.2, 0.25) is 0 Å². The van der Waals surface area contributed by atoms with Crippen molar-refractivity contribution < 1.29 is 0 Å². The minimum Gasteiger partial charge on any atom is -0.330 e. The number of hydrogen-bond donors (Lipinski definition) is 1. The summed E-state index contributed by atoms with van der Waals surface area (Å²) in [5.74, 6) is 0.818. The van der Waals surface area contributed by atoms with Crippen molar-refractivity contribution >= 4 is 15.9 Å². The van der Waals surface area contributed by atoms with Crippen LogP contribution >= 0.6 is 15.9 Å². The highest BCUT2D eigenvalue weighted by Crippen LogP contribution is 2.47. The van der Waals surface area contributed by atoms with Gasteiger partial charge in [-0.05, 0) is 48.8 Å². The predicted octanol–water partition coefficient (Wildman–Crippen LogP) is 3.71. The van der Waals surface area contributed by atoms with E-state index in [0.717, 1.165) is 12.5 Å². The van der Waals surface area contributed by atoms with Crippen LogP contribution in [0.3, 0.4) is 0 Å². The number of rotatable bonds is 3. The maximum absolute atomic E-state index is 5.95. The van der Waals surface area contributed by atoms with Crippen LogP contribution in [0.4, 0.5) is 0 Å². The molecule has 0 bridgehead atoms. The molecule has 0 amide bonds. The normalized spacial score (nSPS) is 22.9. The summed E-state index contributed by atoms with van der Waals surface area (Å²) in [5, 5.41) is 0. The molecule has 2 aliphatic rings. The first-order chi connectivity index (χ1) is 7.75. The second-order valence-electron chi connectivity index (χ2n) is 5.35. The molecule has 0 aliphatic heterocycles. The first-order valence-electron chi connectivity index (χ1n) is 6.25. The van der Waals surface area contributed by atoms with Crippen molar-refractivity contribution in [1.29, 1.82) is 0 Å². The van der Waals surface area contributed by atoms with Crippen LogP contribution in [0.25, 0.3) is 0 Å². The molecule has 1 aromatic rings. The van der Waals surface area contributed by atoms with Crippen molar-refractivity contribution in [3.8, 4) is 0 Å². The van der Waals surface area contributed by atoms with Crippen molar-refractivity contribution in [2.45, 2.75) is 43.4 Å². The van der Waals surface area contributed by atoms with Crippen LogP contribution in [0.2, 0.25) is 0 Å². The van der Waals surface area contributed by atoms with E-state index in [1.165, 1.54) is 47.7 Å². The summed E-state index contributed by atoms with van der Waals surface area (Å²) in [6.45, 7) is 0.794. The first kappa shape index (κ1) is 10.8. The van der Waals surface area contributed by atoms with Gasteiger partial charge >= 0.3 is 0 Å². The third-order valence-corrected chi connectivity index (χ3v) is 5.02. The molecule has 2 aliphatic carbocycles. The van der Waals surface area contributed by atoms with E-state index in [1.54, 1.807) is 0 Å². The molecule has 1 nitrogen and oxygen atoms in total. The van der Waals surface area contributed by atoms with Crippen LogP contribution < -0.4 is 5.73 Å². The monoisotopic (exact) mass is 279 g/mol. The molecule has 0 saturated heterocycles. The van der Waals surface area contributed by atoms with Gasteiger partial charge in [-0.3, -0.25) is 0 Å². The molecule has 0 radical (unpaired) electrons. The Morgan fingerprint density at radius 3 is 2.50 bits per heavy atom. The van der Waals surface area contributed by atoms with E-state index in [9.17, 15) is 0 Å². The second-order valence-corrected chi connectivity index (χ2v) is 6.20. The highest BCUT2D eigenvalue weighted by molar-refractivity contribution is 9.10. The Morgan fingerprint density at radius 1 is 1.31 bits per heavy atom. The van der Waals surface area contributed by atoms with E-state index in [0.29, 0.717) is 5.41 Å². The van der Waals surface area contributed by atoms with Gasteiger partial charge in [0.25, 0.3) is 0 Å². The van der Waals surface area contributed by atoms with Gasteiger partial charge in [-0.25, -0.2) is 0 Å². The Kier molecular flexibility index (Phi) is 2.60. The van der Waals surface area contributed by atoms with E-state index >= 15 is 0 Å². The zero-order chi connectivity index (χ0) is 11.2. The molecule has 0 spiro atoms. The summed E-state index contributed by atoms with van der Waals surface area (Å²) in [6.07, 6.45) is 6.58. The number of hydrogen-bond acceptors (Lipinski definition) is 1. The first-order valence-corrected chi connectivity index (χ1v) is 7.04. The molecule has 0 unspecified atom stereocenters. The van der Waals surface area contributed by atoms with E-state index in [2.05, 4.69) is 34.1 Å². The Balaban J connectivity index is 1.93. The average molecular weight is 280 g/mol. The lowest BCUT2D eigenvalue weighted by Gasteiger charge is -2.41. The van der Waals surface area contributed by atoms with Crippen LogP contribution in [0.5, 0.6) is 0 Å². The van der Waals surface area contributed by atoms with Gasteiger partial charge in [-0.15, -0.1) is 0 Å². The lowest BCUT2D eigenvalue weighted by Crippen LogP contribution is -2.41. The van der Waals surface area contributed by atoms with Crippen molar-refractivity contribution in [2.75, 3.05) is 6.54 Å². The van der Waals surface area contributed by atoms with Crippen LogP contribution in [-0.4, -0.2) is 6.54 Å². The molecule has 0 heterocycles. The molecule has 2 saturated carbocycles. The van der Waals surface area contributed by atoms with E-state index in [1.807, 2.05) is 0 Å². The molecular weight excluding hydrogens is 262 g/mol. The van der Waals surface area contributed by atoms with Crippen molar-refractivity contribution in [3.63, 3.8) is 0 Å². The fourth-order valence-corrected chi connectivity index (χ4v) is 3.50. The van der Waals surface area contributed by atoms with Crippen molar-refractivity contribution in [3.05, 3.63) is 33.8 Å². The van der Waals surface area contributed by atoms with Crippen LogP contribution in [0.1, 0.15) is 49.1 Å². The van der Waals surface area contributed by atoms with Crippen molar-refractivity contribution in [2.24, 2.45) is 5.73 Å². The van der Waals surface area contributed by atoms with Crippen LogP contribution in [-0.2, 0) is 5.41 Å². The number of nitrogens with two attached hydrogens (primary N) is 1. The lowest BCUT2D eigenvalue weighted by molar-refractivity contribution is 0.253.